The second kappa shape index (κ2) is 6.98. The van der Waals surface area contributed by atoms with Crippen molar-refractivity contribution in [3.8, 4) is 0 Å². The molecule has 0 fully saturated rings. The summed E-state index contributed by atoms with van der Waals surface area (Å²) in [5.41, 5.74) is 6.61. The first kappa shape index (κ1) is 12.7. The maximum absolute atomic E-state index is 11.7. The molecule has 16 heavy (non-hydrogen) atoms. The van der Waals surface area contributed by atoms with E-state index in [2.05, 4.69) is 17.8 Å². The summed E-state index contributed by atoms with van der Waals surface area (Å²) in [6, 6.07) is 7.01. The Bertz CT molecular complexity index is 340. The predicted octanol–water partition coefficient (Wildman–Crippen LogP) is 1.21. The van der Waals surface area contributed by atoms with Gasteiger partial charge in [0.2, 0.25) is 0 Å². The Morgan fingerprint density at radius 2 is 2.12 bits per heavy atom. The van der Waals surface area contributed by atoms with Gasteiger partial charge in [0, 0.05) is 12.1 Å². The van der Waals surface area contributed by atoms with Crippen molar-refractivity contribution in [1.82, 2.24) is 10.9 Å². The van der Waals surface area contributed by atoms with Crippen LogP contribution in [0.15, 0.2) is 24.3 Å². The molecular formula is C12H18N2O2. The summed E-state index contributed by atoms with van der Waals surface area (Å²) in [5.74, 6) is -0.208. The summed E-state index contributed by atoms with van der Waals surface area (Å²) in [4.78, 5) is 11.7. The van der Waals surface area contributed by atoms with Gasteiger partial charge in [-0.1, -0.05) is 31.5 Å². The Balaban J connectivity index is 2.52. The van der Waals surface area contributed by atoms with Crippen molar-refractivity contribution in [2.24, 2.45) is 0 Å². The van der Waals surface area contributed by atoms with Crippen molar-refractivity contribution in [3.63, 3.8) is 0 Å². The number of carbonyl (C=O) groups excluding carboxylic acids is 1. The standard InChI is InChI=1S/C12H18N2O2/c1-2-3-8-13-14-12(16)11-7-5-4-6-10(11)9-15/h4-7,13,15H,2-3,8-9H2,1H3,(H,14,16). The first-order chi connectivity index (χ1) is 7.79. The van der Waals surface area contributed by atoms with Gasteiger partial charge in [0.1, 0.15) is 0 Å². The van der Waals surface area contributed by atoms with E-state index in [-0.39, 0.29) is 12.5 Å². The van der Waals surface area contributed by atoms with Crippen LogP contribution in [0.2, 0.25) is 0 Å². The molecule has 1 aromatic rings. The molecule has 3 N–H and O–H groups in total. The molecule has 0 spiro atoms. The van der Waals surface area contributed by atoms with Crippen LogP contribution < -0.4 is 10.9 Å². The summed E-state index contributed by atoms with van der Waals surface area (Å²) in [5, 5.41) is 9.08. The average Bonchev–Trinajstić information content (AvgIpc) is 2.34. The van der Waals surface area contributed by atoms with Crippen LogP contribution in [0, 0.1) is 0 Å². The lowest BCUT2D eigenvalue weighted by Crippen LogP contribution is -2.38. The van der Waals surface area contributed by atoms with Crippen LogP contribution >= 0.6 is 0 Å². The van der Waals surface area contributed by atoms with Crippen molar-refractivity contribution in [2.75, 3.05) is 6.54 Å². The summed E-state index contributed by atoms with van der Waals surface area (Å²) in [6.45, 7) is 2.71. The van der Waals surface area contributed by atoms with Crippen LogP contribution in [0.25, 0.3) is 0 Å². The Hall–Kier alpha value is -1.39. The molecule has 1 rings (SSSR count). The average molecular weight is 222 g/mol. The van der Waals surface area contributed by atoms with E-state index < -0.39 is 0 Å². The normalized spacial score (nSPS) is 10.1. The van der Waals surface area contributed by atoms with E-state index in [1.54, 1.807) is 24.3 Å². The molecule has 0 heterocycles. The summed E-state index contributed by atoms with van der Waals surface area (Å²) in [7, 11) is 0. The van der Waals surface area contributed by atoms with E-state index in [0.29, 0.717) is 11.1 Å². The number of nitrogens with one attached hydrogen (secondary N) is 2. The van der Waals surface area contributed by atoms with Gasteiger partial charge >= 0.3 is 0 Å². The highest BCUT2D eigenvalue weighted by Crippen LogP contribution is 2.07. The van der Waals surface area contributed by atoms with Crippen LogP contribution in [0.3, 0.4) is 0 Å². The molecule has 88 valence electrons. The SMILES string of the molecule is CCCCNNC(=O)c1ccccc1CO. The lowest BCUT2D eigenvalue weighted by molar-refractivity contribution is 0.0930. The fraction of sp³-hybridized carbons (Fsp3) is 0.417. The van der Waals surface area contributed by atoms with Gasteiger partial charge in [-0.3, -0.25) is 10.2 Å². The van der Waals surface area contributed by atoms with Gasteiger partial charge < -0.3 is 5.11 Å². The number of aliphatic hydroxyl groups excluding tert-OH is 1. The highest BCUT2D eigenvalue weighted by Gasteiger charge is 2.08. The topological polar surface area (TPSA) is 61.4 Å². The molecule has 0 saturated carbocycles. The molecule has 0 radical (unpaired) electrons. The van der Waals surface area contributed by atoms with E-state index >= 15 is 0 Å². The highest BCUT2D eigenvalue weighted by atomic mass is 16.3. The van der Waals surface area contributed by atoms with Crippen molar-refractivity contribution in [1.29, 1.82) is 0 Å². The quantitative estimate of drug-likeness (QED) is 0.501. The molecular weight excluding hydrogens is 204 g/mol. The fourth-order valence-corrected chi connectivity index (χ4v) is 1.35. The predicted molar refractivity (Wildman–Crippen MR) is 62.7 cm³/mol. The Labute approximate surface area is 95.6 Å². The second-order valence-electron chi connectivity index (χ2n) is 3.55. The van der Waals surface area contributed by atoms with Crippen LogP contribution in [0.1, 0.15) is 35.7 Å². The molecule has 0 unspecified atom stereocenters. The maximum atomic E-state index is 11.7. The maximum Gasteiger partial charge on any atom is 0.265 e. The van der Waals surface area contributed by atoms with Crippen molar-refractivity contribution in [3.05, 3.63) is 35.4 Å². The molecule has 4 nitrogen and oxygen atoms in total. The third-order valence-electron chi connectivity index (χ3n) is 2.29. The zero-order valence-electron chi connectivity index (χ0n) is 9.49. The number of hydrogen-bond acceptors (Lipinski definition) is 3. The van der Waals surface area contributed by atoms with E-state index in [9.17, 15) is 4.79 Å². The zero-order chi connectivity index (χ0) is 11.8. The lowest BCUT2D eigenvalue weighted by Gasteiger charge is -2.09. The number of hydrazine groups is 1. The van der Waals surface area contributed by atoms with Gasteiger partial charge in [-0.05, 0) is 18.1 Å². The van der Waals surface area contributed by atoms with Gasteiger partial charge in [-0.25, -0.2) is 5.43 Å². The minimum Gasteiger partial charge on any atom is -0.392 e. The number of unbranched alkanes of at least 4 members (excludes halogenated alkanes) is 1. The van der Waals surface area contributed by atoms with Gasteiger partial charge in [0.15, 0.2) is 0 Å². The molecule has 0 atom stereocenters. The van der Waals surface area contributed by atoms with Crippen LogP contribution in [-0.4, -0.2) is 17.6 Å². The molecule has 0 aliphatic rings. The Morgan fingerprint density at radius 1 is 1.38 bits per heavy atom. The molecule has 1 aromatic carbocycles. The molecule has 0 aliphatic carbocycles. The summed E-state index contributed by atoms with van der Waals surface area (Å²) in [6.07, 6.45) is 2.10. The van der Waals surface area contributed by atoms with E-state index in [0.717, 1.165) is 19.4 Å². The lowest BCUT2D eigenvalue weighted by atomic mass is 10.1. The number of carbonyl (C=O) groups is 1. The minimum absolute atomic E-state index is 0.126. The molecule has 0 bridgehead atoms. The number of rotatable bonds is 6. The number of benzene rings is 1. The molecule has 1 amide bonds. The van der Waals surface area contributed by atoms with Gasteiger partial charge in [-0.15, -0.1) is 0 Å². The third-order valence-corrected chi connectivity index (χ3v) is 2.29. The van der Waals surface area contributed by atoms with Crippen molar-refractivity contribution < 1.29 is 9.90 Å². The fourth-order valence-electron chi connectivity index (χ4n) is 1.35. The first-order valence-electron chi connectivity index (χ1n) is 5.51. The minimum atomic E-state index is -0.208. The molecule has 4 heteroatoms. The van der Waals surface area contributed by atoms with E-state index in [1.807, 2.05) is 0 Å². The summed E-state index contributed by atoms with van der Waals surface area (Å²) >= 11 is 0. The number of amides is 1. The highest BCUT2D eigenvalue weighted by molar-refractivity contribution is 5.95. The van der Waals surface area contributed by atoms with Crippen LogP contribution in [0.5, 0.6) is 0 Å². The number of aliphatic hydroxyl groups is 1. The second-order valence-corrected chi connectivity index (χ2v) is 3.55. The van der Waals surface area contributed by atoms with Crippen LogP contribution in [-0.2, 0) is 6.61 Å². The molecule has 0 saturated heterocycles. The molecule has 0 aliphatic heterocycles. The van der Waals surface area contributed by atoms with Gasteiger partial charge in [-0.2, -0.15) is 0 Å². The number of hydrogen-bond donors (Lipinski definition) is 3. The summed E-state index contributed by atoms with van der Waals surface area (Å²) < 4.78 is 0. The largest absolute Gasteiger partial charge is 0.392 e. The van der Waals surface area contributed by atoms with E-state index in [1.165, 1.54) is 0 Å². The van der Waals surface area contributed by atoms with E-state index in [4.69, 9.17) is 5.11 Å². The van der Waals surface area contributed by atoms with Crippen molar-refractivity contribution in [2.45, 2.75) is 26.4 Å². The molecule has 0 aromatic heterocycles. The van der Waals surface area contributed by atoms with Crippen LogP contribution in [0.4, 0.5) is 0 Å². The Kier molecular flexibility index (Phi) is 5.53. The smallest absolute Gasteiger partial charge is 0.265 e. The van der Waals surface area contributed by atoms with Crippen molar-refractivity contribution >= 4 is 5.91 Å². The first-order valence-corrected chi connectivity index (χ1v) is 5.51. The monoisotopic (exact) mass is 222 g/mol. The van der Waals surface area contributed by atoms with Gasteiger partial charge in [0.25, 0.3) is 5.91 Å². The Morgan fingerprint density at radius 3 is 2.81 bits per heavy atom. The zero-order valence-corrected chi connectivity index (χ0v) is 9.49. The third kappa shape index (κ3) is 3.64. The van der Waals surface area contributed by atoms with Gasteiger partial charge in [0.05, 0.1) is 6.61 Å².